The van der Waals surface area contributed by atoms with Crippen LogP contribution in [0.15, 0.2) is 23.3 Å². The van der Waals surface area contributed by atoms with Crippen LogP contribution >= 0.6 is 0 Å². The number of nitrogens with zero attached hydrogens (tertiary/aromatic N) is 3. The lowest BCUT2D eigenvalue weighted by molar-refractivity contribution is 0.0601. The number of nitriles is 1. The summed E-state index contributed by atoms with van der Waals surface area (Å²) < 4.78 is 4.74. The molecule has 8 nitrogen and oxygen atoms in total. The van der Waals surface area contributed by atoms with Gasteiger partial charge in [0.1, 0.15) is 6.07 Å². The fourth-order valence-electron chi connectivity index (χ4n) is 2.54. The largest absolute Gasteiger partial charge is 0.465 e. The van der Waals surface area contributed by atoms with E-state index in [1.807, 2.05) is 6.07 Å². The van der Waals surface area contributed by atoms with Gasteiger partial charge in [-0.25, -0.2) is 4.79 Å². The number of benzene rings is 1. The molecule has 0 unspecified atom stereocenters. The van der Waals surface area contributed by atoms with E-state index in [-0.39, 0.29) is 5.71 Å². The first-order chi connectivity index (χ1) is 11.6. The van der Waals surface area contributed by atoms with Crippen LogP contribution in [-0.4, -0.2) is 37.7 Å². The predicted molar refractivity (Wildman–Crippen MR) is 92.4 cm³/mol. The minimum atomic E-state index is -0.459. The number of hydrogen-bond acceptors (Lipinski definition) is 7. The summed E-state index contributed by atoms with van der Waals surface area (Å²) in [4.78, 5) is 13.9. The van der Waals surface area contributed by atoms with Crippen LogP contribution in [0, 0.1) is 16.7 Å². The van der Waals surface area contributed by atoms with Gasteiger partial charge < -0.3 is 15.4 Å². The Bertz CT molecular complexity index is 701. The van der Waals surface area contributed by atoms with E-state index in [4.69, 9.17) is 21.1 Å². The Morgan fingerprint density at radius 1 is 1.42 bits per heavy atom. The highest BCUT2D eigenvalue weighted by Crippen LogP contribution is 2.30. The summed E-state index contributed by atoms with van der Waals surface area (Å²) in [5, 5.41) is 20.1. The molecule has 2 rings (SSSR count). The molecule has 0 saturated carbocycles. The Balaban J connectivity index is 2.37. The molecule has 0 spiro atoms. The number of methoxy groups -OCH3 is 1. The van der Waals surface area contributed by atoms with Crippen LogP contribution in [0.4, 0.5) is 11.4 Å². The van der Waals surface area contributed by atoms with Crippen molar-refractivity contribution < 1.29 is 9.53 Å². The zero-order chi connectivity index (χ0) is 17.5. The number of rotatable bonds is 5. The zero-order valence-corrected chi connectivity index (χ0v) is 13.5. The summed E-state index contributed by atoms with van der Waals surface area (Å²) in [6.45, 7) is 1.82. The average molecular weight is 328 g/mol. The predicted octanol–water partition coefficient (Wildman–Crippen LogP) is 1.69. The van der Waals surface area contributed by atoms with Crippen LogP contribution in [0.5, 0.6) is 0 Å². The van der Waals surface area contributed by atoms with E-state index in [0.717, 1.165) is 31.6 Å². The third-order valence-corrected chi connectivity index (χ3v) is 3.76. The standard InChI is InChI=1S/C16H20N6O2/c1-24-16(23)11-5-6-14(22-7-3-2-4-8-22)12(9-11)20-21-13(10-17)15(18)19/h5-6,9,20H,2-4,7-8H2,1H3,(H3,18,19)/b21-13+. The molecule has 1 fully saturated rings. The van der Waals surface area contributed by atoms with Gasteiger partial charge in [0, 0.05) is 13.1 Å². The number of carbonyl (C=O) groups excluding carboxylic acids is 1. The molecule has 24 heavy (non-hydrogen) atoms. The van der Waals surface area contributed by atoms with E-state index in [2.05, 4.69) is 15.4 Å². The lowest BCUT2D eigenvalue weighted by atomic mass is 10.1. The normalized spacial score (nSPS) is 14.7. The molecular formula is C16H20N6O2. The third kappa shape index (κ3) is 4.01. The van der Waals surface area contributed by atoms with E-state index in [1.54, 1.807) is 18.2 Å². The molecule has 0 atom stereocenters. The van der Waals surface area contributed by atoms with Crippen LogP contribution in [0.2, 0.25) is 0 Å². The van der Waals surface area contributed by atoms with Crippen molar-refractivity contribution in [3.63, 3.8) is 0 Å². The second-order valence-corrected chi connectivity index (χ2v) is 5.37. The highest BCUT2D eigenvalue weighted by atomic mass is 16.5. The molecule has 1 aromatic carbocycles. The Labute approximate surface area is 140 Å². The number of carbonyl (C=O) groups is 1. The number of nitrogens with one attached hydrogen (secondary N) is 2. The number of esters is 1. The second kappa shape index (κ2) is 7.97. The van der Waals surface area contributed by atoms with Crippen molar-refractivity contribution in [2.75, 3.05) is 30.5 Å². The maximum absolute atomic E-state index is 11.7. The van der Waals surface area contributed by atoms with Gasteiger partial charge in [0.2, 0.25) is 5.71 Å². The van der Waals surface area contributed by atoms with Crippen molar-refractivity contribution in [2.24, 2.45) is 10.8 Å². The topological polar surface area (TPSA) is 128 Å². The molecule has 1 saturated heterocycles. The van der Waals surface area contributed by atoms with Crippen molar-refractivity contribution in [1.82, 2.24) is 0 Å². The summed E-state index contributed by atoms with van der Waals surface area (Å²) in [6, 6.07) is 6.90. The Kier molecular flexibility index (Phi) is 5.73. The summed E-state index contributed by atoms with van der Waals surface area (Å²) >= 11 is 0. The van der Waals surface area contributed by atoms with E-state index in [9.17, 15) is 4.79 Å². The van der Waals surface area contributed by atoms with Gasteiger partial charge in [0.25, 0.3) is 0 Å². The lowest BCUT2D eigenvalue weighted by Gasteiger charge is -2.30. The van der Waals surface area contributed by atoms with Gasteiger partial charge in [-0.3, -0.25) is 10.8 Å². The van der Waals surface area contributed by atoms with E-state index in [0.29, 0.717) is 11.3 Å². The number of ether oxygens (including phenoxy) is 1. The molecule has 1 aliphatic rings. The van der Waals surface area contributed by atoms with Crippen molar-refractivity contribution in [3.8, 4) is 6.07 Å². The van der Waals surface area contributed by atoms with Gasteiger partial charge in [0.15, 0.2) is 5.84 Å². The molecule has 1 aliphatic heterocycles. The molecule has 0 aliphatic carbocycles. The SMILES string of the molecule is COC(=O)c1ccc(N2CCCCC2)c(N/N=C(\C#N)C(=N)N)c1. The van der Waals surface area contributed by atoms with Crippen LogP contribution in [-0.2, 0) is 4.74 Å². The Morgan fingerprint density at radius 3 is 2.71 bits per heavy atom. The fourth-order valence-corrected chi connectivity index (χ4v) is 2.54. The van der Waals surface area contributed by atoms with Gasteiger partial charge in [-0.1, -0.05) is 0 Å². The minimum Gasteiger partial charge on any atom is -0.465 e. The van der Waals surface area contributed by atoms with Crippen LogP contribution in [0.3, 0.4) is 0 Å². The first-order valence-electron chi connectivity index (χ1n) is 7.62. The molecule has 126 valence electrons. The number of piperidine rings is 1. The van der Waals surface area contributed by atoms with Gasteiger partial charge >= 0.3 is 5.97 Å². The van der Waals surface area contributed by atoms with Gasteiger partial charge in [-0.15, -0.1) is 0 Å². The number of nitrogens with two attached hydrogens (primary N) is 1. The van der Waals surface area contributed by atoms with Crippen molar-refractivity contribution >= 4 is 28.9 Å². The third-order valence-electron chi connectivity index (χ3n) is 3.76. The molecule has 4 N–H and O–H groups in total. The smallest absolute Gasteiger partial charge is 0.337 e. The van der Waals surface area contributed by atoms with Gasteiger partial charge in [-0.05, 0) is 37.5 Å². The first kappa shape index (κ1) is 17.3. The summed E-state index contributed by atoms with van der Waals surface area (Å²) in [6.07, 6.45) is 3.39. The highest BCUT2D eigenvalue weighted by Gasteiger charge is 2.17. The molecule has 1 aromatic rings. The van der Waals surface area contributed by atoms with E-state index < -0.39 is 11.8 Å². The van der Waals surface area contributed by atoms with Crippen molar-refractivity contribution in [2.45, 2.75) is 19.3 Å². The number of hydrogen-bond donors (Lipinski definition) is 3. The highest BCUT2D eigenvalue weighted by molar-refractivity contribution is 6.45. The molecule has 0 radical (unpaired) electrons. The summed E-state index contributed by atoms with van der Waals surface area (Å²) in [5.41, 5.74) is 9.65. The van der Waals surface area contributed by atoms with E-state index >= 15 is 0 Å². The van der Waals surface area contributed by atoms with Crippen LogP contribution in [0.25, 0.3) is 0 Å². The maximum atomic E-state index is 11.7. The molecular weight excluding hydrogens is 308 g/mol. The number of amidine groups is 1. The fraction of sp³-hybridized carbons (Fsp3) is 0.375. The van der Waals surface area contributed by atoms with Crippen molar-refractivity contribution in [1.29, 1.82) is 10.7 Å². The number of hydrazone groups is 1. The minimum absolute atomic E-state index is 0.219. The molecule has 8 heteroatoms. The Morgan fingerprint density at radius 2 is 2.12 bits per heavy atom. The average Bonchev–Trinajstić information content (AvgIpc) is 2.61. The molecule has 1 heterocycles. The Hall–Kier alpha value is -3.08. The summed E-state index contributed by atoms with van der Waals surface area (Å²) in [5.74, 6) is -0.882. The number of anilines is 2. The zero-order valence-electron chi connectivity index (χ0n) is 13.5. The van der Waals surface area contributed by atoms with Crippen LogP contribution in [0.1, 0.15) is 29.6 Å². The maximum Gasteiger partial charge on any atom is 0.337 e. The molecule has 0 aromatic heterocycles. The first-order valence-corrected chi connectivity index (χ1v) is 7.62. The van der Waals surface area contributed by atoms with Crippen molar-refractivity contribution in [3.05, 3.63) is 23.8 Å². The monoisotopic (exact) mass is 328 g/mol. The van der Waals surface area contributed by atoms with E-state index in [1.165, 1.54) is 13.5 Å². The van der Waals surface area contributed by atoms with Gasteiger partial charge in [-0.2, -0.15) is 10.4 Å². The molecule has 0 amide bonds. The summed E-state index contributed by atoms with van der Waals surface area (Å²) in [7, 11) is 1.32. The second-order valence-electron chi connectivity index (χ2n) is 5.37. The van der Waals surface area contributed by atoms with Crippen LogP contribution < -0.4 is 16.1 Å². The quantitative estimate of drug-likeness (QED) is 0.326. The van der Waals surface area contributed by atoms with Gasteiger partial charge in [0.05, 0.1) is 24.0 Å². The molecule has 0 bridgehead atoms. The lowest BCUT2D eigenvalue weighted by Crippen LogP contribution is -2.30.